The Morgan fingerprint density at radius 3 is 2.47 bits per heavy atom. The van der Waals surface area contributed by atoms with Gasteiger partial charge in [-0.3, -0.25) is 33.8 Å². The maximum Gasteiger partial charge on any atom is 0.334 e. The first-order chi connectivity index (χ1) is 42.0. The quantitative estimate of drug-likeness (QED) is 0.0155. The van der Waals surface area contributed by atoms with E-state index in [0.717, 1.165) is 16.7 Å². The standard InChI is InChI=1S/C66H86BrClN6O15/c1-37(2)48(32-45(75)19-13-12-14-27-86-62(81)40(5)36-67)60(79)72-49(21-17-26-71-64(69)83)51(76)31-44-23-24-47(58-46(44)20-16-25-70-58)61(80)73(9)42(7)63(82)88-54-33-55(77)74(10)50-30-43(29-39(4)57(50)68)28-38(3)18-15-22-53(85-11)66(84)34-52(87-56(78)35-66)41(6)59-65(54,8)89-59/h15-16,18,20,22-25,29-30,37,41-42,48-49,52-54,59,84H,5,12-14,17,19,21,26-28,31-36H2,1-4,6-11H3,(H,72,79)(H3,69,71,83)/b22-15+,38-18+/t41-,42+,48+,49+,52+,53-,54+,59+,65+,66-/m1/s1. The molecule has 3 aromatic rings. The van der Waals surface area contributed by atoms with E-state index in [1.54, 1.807) is 51.2 Å². The zero-order valence-electron chi connectivity index (χ0n) is 52.6. The lowest BCUT2D eigenvalue weighted by Crippen LogP contribution is -2.53. The molecule has 6 rings (SSSR count). The molecule has 0 saturated carbocycles. The van der Waals surface area contributed by atoms with Gasteiger partial charge < -0.3 is 55.0 Å². The molecule has 0 radical (unpaired) electrons. The Morgan fingerprint density at radius 2 is 1.79 bits per heavy atom. The number of primary amides is 1. The summed E-state index contributed by atoms with van der Waals surface area (Å²) in [6, 6.07) is 7.14. The Hall–Kier alpha value is -6.85. The number of esters is 3. The number of likely N-dealkylation sites (N-methyl/N-ethyl adjacent to an activating group) is 1. The zero-order chi connectivity index (χ0) is 65.7. The summed E-state index contributed by atoms with van der Waals surface area (Å²) in [5.41, 5.74) is 6.38. The first-order valence-electron chi connectivity index (χ1n) is 30.2. The van der Waals surface area contributed by atoms with Crippen molar-refractivity contribution in [2.75, 3.05) is 44.6 Å². The van der Waals surface area contributed by atoms with Crippen molar-refractivity contribution in [3.05, 3.63) is 106 Å². The topological polar surface area (TPSA) is 293 Å². The molecule has 5 amide bonds. The first-order valence-corrected chi connectivity index (χ1v) is 31.7. The number of hydrogen-bond donors (Lipinski definition) is 4. The van der Waals surface area contributed by atoms with Crippen LogP contribution in [0.1, 0.15) is 133 Å². The van der Waals surface area contributed by atoms with Gasteiger partial charge >= 0.3 is 23.9 Å². The van der Waals surface area contributed by atoms with Crippen molar-refractivity contribution in [1.29, 1.82) is 0 Å². The highest BCUT2D eigenvalue weighted by Gasteiger charge is 2.64. The average Bonchev–Trinajstić information content (AvgIpc) is 1.59. The first kappa shape index (κ1) is 71.2. The van der Waals surface area contributed by atoms with E-state index in [9.17, 15) is 48.3 Å². The molecule has 89 heavy (non-hydrogen) atoms. The maximum atomic E-state index is 14.7. The van der Waals surface area contributed by atoms with Crippen molar-refractivity contribution in [2.24, 2.45) is 23.5 Å². The highest BCUT2D eigenvalue weighted by atomic mass is 79.9. The smallest absolute Gasteiger partial charge is 0.334 e. The monoisotopic (exact) mass is 1320 g/mol. The molecule has 0 aliphatic carbocycles. The zero-order valence-corrected chi connectivity index (χ0v) is 55.0. The number of pyridine rings is 1. The number of carbonyl (C=O) groups excluding carboxylic acids is 9. The number of ketones is 2. The second kappa shape index (κ2) is 31.7. The van der Waals surface area contributed by atoms with Crippen LogP contribution < -0.4 is 21.3 Å². The van der Waals surface area contributed by atoms with E-state index in [-0.39, 0.29) is 86.7 Å². The molecule has 10 atom stereocenters. The summed E-state index contributed by atoms with van der Waals surface area (Å²) in [7, 11) is 4.46. The maximum absolute atomic E-state index is 14.7. The van der Waals surface area contributed by atoms with Crippen molar-refractivity contribution in [3.63, 3.8) is 0 Å². The minimum absolute atomic E-state index is 0.00998. The fourth-order valence-electron chi connectivity index (χ4n) is 11.5. The van der Waals surface area contributed by atoms with Crippen molar-refractivity contribution in [3.8, 4) is 0 Å². The number of aliphatic hydroxyl groups is 1. The molecular formula is C66H86BrClN6O15. The van der Waals surface area contributed by atoms with Crippen LogP contribution in [-0.2, 0) is 70.1 Å². The molecule has 3 aliphatic rings. The summed E-state index contributed by atoms with van der Waals surface area (Å²) in [4.78, 5) is 129. The number of nitrogens with zero attached hydrogens (tertiary/aromatic N) is 3. The number of rotatable bonds is 25. The number of aromatic nitrogens is 1. The lowest BCUT2D eigenvalue weighted by Gasteiger charge is -2.41. The van der Waals surface area contributed by atoms with Gasteiger partial charge in [-0.05, 0) is 107 Å². The van der Waals surface area contributed by atoms with E-state index in [1.165, 1.54) is 43.1 Å². The van der Waals surface area contributed by atoms with Crippen molar-refractivity contribution in [2.45, 2.75) is 173 Å². The van der Waals surface area contributed by atoms with Crippen LogP contribution in [0.25, 0.3) is 10.9 Å². The van der Waals surface area contributed by atoms with Gasteiger partial charge in [-0.2, -0.15) is 0 Å². The number of hydrogen-bond acceptors (Lipinski definition) is 16. The van der Waals surface area contributed by atoms with Gasteiger partial charge in [-0.1, -0.05) is 96.9 Å². The van der Waals surface area contributed by atoms with Gasteiger partial charge in [-0.15, -0.1) is 0 Å². The van der Waals surface area contributed by atoms with E-state index >= 15 is 0 Å². The Kier molecular flexibility index (Phi) is 25.4. The van der Waals surface area contributed by atoms with E-state index in [0.29, 0.717) is 58.2 Å². The largest absolute Gasteiger partial charge is 0.462 e. The Bertz CT molecular complexity index is 3230. The number of epoxide rings is 1. The Morgan fingerprint density at radius 1 is 1.06 bits per heavy atom. The summed E-state index contributed by atoms with van der Waals surface area (Å²) in [5.74, 6) is -5.71. The predicted molar refractivity (Wildman–Crippen MR) is 339 cm³/mol. The van der Waals surface area contributed by atoms with Gasteiger partial charge in [0.2, 0.25) is 11.8 Å². The molecule has 0 unspecified atom stereocenters. The summed E-state index contributed by atoms with van der Waals surface area (Å²) >= 11 is 10.1. The van der Waals surface area contributed by atoms with Crippen LogP contribution >= 0.6 is 27.5 Å². The number of methoxy groups -OCH3 is 1. The molecule has 21 nitrogen and oxygen atoms in total. The van der Waals surface area contributed by atoms with Gasteiger partial charge in [0, 0.05) is 87.8 Å². The van der Waals surface area contributed by atoms with Crippen molar-refractivity contribution >= 4 is 97.3 Å². The van der Waals surface area contributed by atoms with Crippen LogP contribution in [0, 0.1) is 24.7 Å². The number of Topliss-reactive ketones (excluding diaryl/α,β-unsaturated/α-hetero) is 2. The number of alkyl halides is 1. The highest BCUT2D eigenvalue weighted by Crippen LogP contribution is 2.50. The van der Waals surface area contributed by atoms with Gasteiger partial charge in [-0.25, -0.2) is 14.4 Å². The number of anilines is 1. The highest BCUT2D eigenvalue weighted by molar-refractivity contribution is 9.09. The molecule has 4 bridgehead atoms. The van der Waals surface area contributed by atoms with Gasteiger partial charge in [0.25, 0.3) is 5.91 Å². The summed E-state index contributed by atoms with van der Waals surface area (Å²) in [6.45, 7) is 16.3. The molecular weight excluding hydrogens is 1230 g/mol. The number of nitrogens with one attached hydrogen (secondary N) is 2. The molecule has 4 heterocycles. The lowest BCUT2D eigenvalue weighted by atomic mass is 9.78. The van der Waals surface area contributed by atoms with Gasteiger partial charge in [0.05, 0.1) is 53.4 Å². The third kappa shape index (κ3) is 18.4. The number of benzene rings is 2. The van der Waals surface area contributed by atoms with Crippen molar-refractivity contribution < 1.29 is 71.9 Å². The average molecular weight is 1320 g/mol. The van der Waals surface area contributed by atoms with Crippen LogP contribution in [0.4, 0.5) is 10.5 Å². The van der Waals surface area contributed by atoms with Crippen LogP contribution in [-0.4, -0.2) is 156 Å². The fourth-order valence-corrected chi connectivity index (χ4v) is 12.0. The molecule has 23 heteroatoms. The number of unbranched alkanes of at least 4 members (excludes halogenated alkanes) is 2. The number of nitrogens with two attached hydrogens (primary N) is 1. The van der Waals surface area contributed by atoms with E-state index in [2.05, 4.69) is 38.1 Å². The van der Waals surface area contributed by atoms with Crippen LogP contribution in [0.5, 0.6) is 0 Å². The molecule has 484 valence electrons. The van der Waals surface area contributed by atoms with E-state index in [4.69, 9.17) is 41.0 Å². The third-order valence-corrected chi connectivity index (χ3v) is 18.4. The van der Waals surface area contributed by atoms with Crippen molar-refractivity contribution in [1.82, 2.24) is 20.5 Å². The predicted octanol–water partition coefficient (Wildman–Crippen LogP) is 8.26. The minimum Gasteiger partial charge on any atom is -0.462 e. The molecule has 1 aromatic heterocycles. The Balaban J connectivity index is 1.21. The second-order valence-corrected chi connectivity index (χ2v) is 25.3. The lowest BCUT2D eigenvalue weighted by molar-refractivity contribution is -0.187. The van der Waals surface area contributed by atoms with Crippen LogP contribution in [0.15, 0.2) is 78.5 Å². The molecule has 2 aromatic carbocycles. The number of aryl methyl sites for hydroxylation is 1. The molecule has 2 fully saturated rings. The number of halogens is 2. The Labute approximate surface area is 534 Å². The number of fused-ring (bicyclic) bond motifs is 6. The number of carbonyl (C=O) groups is 9. The van der Waals surface area contributed by atoms with Crippen LogP contribution in [0.2, 0.25) is 5.02 Å². The van der Waals surface area contributed by atoms with Gasteiger partial charge in [0.15, 0.2) is 5.78 Å². The molecule has 5 N–H and O–H groups in total. The van der Waals surface area contributed by atoms with Crippen LogP contribution in [0.3, 0.4) is 0 Å². The number of urea groups is 1. The number of amides is 5. The summed E-state index contributed by atoms with van der Waals surface area (Å²) in [5, 5.41) is 18.6. The van der Waals surface area contributed by atoms with E-state index in [1.807, 2.05) is 45.9 Å². The van der Waals surface area contributed by atoms with E-state index < -0.39 is 108 Å². The van der Waals surface area contributed by atoms with Gasteiger partial charge in [0.1, 0.15) is 41.3 Å². The SMILES string of the molecule is C=C(CBr)C(=O)OCCCCCC(=O)C[C@H](C(=O)N[C@@H](CCCNC(N)=O)C(=O)Cc1ccc(C(=O)N(C)[C@@H](C)C(=O)O[C@H]2CC(=O)N(C)c3cc(cc(C)c3Cl)C/C(C)=C/C=C/[C@@H](OC)[C@]3(O)CC(=O)O[C@@H](C3)[C@@H](C)[C@@H]3O[C@@]23C)c2ncccc12)C(C)C. The molecule has 3 aliphatic heterocycles. The summed E-state index contributed by atoms with van der Waals surface area (Å²) < 4.78 is 29.5. The fraction of sp³-hybridized carbons (Fsp3) is 0.545. The summed E-state index contributed by atoms with van der Waals surface area (Å²) in [6.07, 6.45) is 4.85. The normalized spacial score (nSPS) is 24.0. The number of allylic oxidation sites excluding steroid dienone is 3. The molecule has 0 spiro atoms. The second-order valence-electron chi connectivity index (χ2n) is 24.3. The minimum atomic E-state index is -1.65. The molecule has 2 saturated heterocycles. The third-order valence-electron chi connectivity index (χ3n) is 17.2. The number of ether oxygens (including phenoxy) is 5.